The molecule has 221 valence electrons. The quantitative estimate of drug-likeness (QED) is 0.0851. The Hall–Kier alpha value is -2.81. The molecule has 1 heterocycles. The molecule has 1 radical (unpaired) electrons. The van der Waals surface area contributed by atoms with Crippen LogP contribution in [0.4, 0.5) is 0 Å². The topological polar surface area (TPSA) is 50.2 Å². The number of aliphatic hydroxyl groups excluding tert-OH is 1. The Morgan fingerprint density at radius 3 is 2.00 bits per heavy atom. The maximum absolute atomic E-state index is 12.2. The van der Waals surface area contributed by atoms with E-state index in [1.165, 1.54) is 38.7 Å². The Bertz CT molecular complexity index is 1510. The summed E-state index contributed by atoms with van der Waals surface area (Å²) in [4.78, 5) is 16.8. The van der Waals surface area contributed by atoms with Crippen LogP contribution in [0, 0.1) is 37.7 Å². The van der Waals surface area contributed by atoms with Gasteiger partial charge in [-0.3, -0.25) is 4.79 Å². The zero-order chi connectivity index (χ0) is 29.7. The van der Waals surface area contributed by atoms with Gasteiger partial charge in [0.25, 0.3) is 0 Å². The molecule has 0 fully saturated rings. The van der Waals surface area contributed by atoms with Crippen LogP contribution in [0.5, 0.6) is 0 Å². The number of rotatable bonds is 8. The standard InChI is InChI=1S/C22H18N.C15H28O2.Ir/c1-14-4-6-19-17(11-14)5-7-21-20(19)8-9-23-22(21)18-12-15(2)10-16(3)13-18;1-7-14(5,8-2)12(16)11-13(17)15(6,9-3)10-4;/h4-12H,1-3H3;11,16H,7-10H2,1-6H3;/q-1;;/b;12-11-;. The molecule has 41 heavy (non-hydrogen) atoms. The first-order valence-corrected chi connectivity index (χ1v) is 14.7. The van der Waals surface area contributed by atoms with Crippen molar-refractivity contribution in [1.29, 1.82) is 0 Å². The van der Waals surface area contributed by atoms with Crippen LogP contribution in [0.15, 0.2) is 66.6 Å². The SMILES string of the molecule is CCC(C)(CC)C(=O)/C=C(\O)C(C)(CC)CC.Cc1[c-]c(-c2nccc3c2ccc2cc(C)ccc23)cc(C)c1.[Ir]. The van der Waals surface area contributed by atoms with Crippen LogP contribution < -0.4 is 0 Å². The number of aryl methyl sites for hydroxylation is 3. The minimum absolute atomic E-state index is 0. The summed E-state index contributed by atoms with van der Waals surface area (Å²) in [7, 11) is 0. The summed E-state index contributed by atoms with van der Waals surface area (Å²) in [5.41, 5.74) is 5.15. The number of aliphatic hydroxyl groups is 1. The van der Waals surface area contributed by atoms with Crippen LogP contribution in [-0.2, 0) is 24.9 Å². The molecule has 4 aromatic rings. The maximum Gasteiger partial charge on any atom is 0.164 e. The number of fused-ring (bicyclic) bond motifs is 3. The van der Waals surface area contributed by atoms with Crippen molar-refractivity contribution in [3.63, 3.8) is 0 Å². The molecule has 1 aromatic heterocycles. The second kappa shape index (κ2) is 14.4. The number of hydrogen-bond donors (Lipinski definition) is 1. The van der Waals surface area contributed by atoms with E-state index in [4.69, 9.17) is 0 Å². The zero-order valence-electron chi connectivity index (χ0n) is 26.2. The Morgan fingerprint density at radius 1 is 0.805 bits per heavy atom. The van der Waals surface area contributed by atoms with Crippen LogP contribution in [0.1, 0.15) is 83.9 Å². The van der Waals surface area contributed by atoms with E-state index in [-0.39, 0.29) is 42.5 Å². The van der Waals surface area contributed by atoms with Crippen molar-refractivity contribution in [2.75, 3.05) is 0 Å². The van der Waals surface area contributed by atoms with Gasteiger partial charge >= 0.3 is 0 Å². The third-order valence-corrected chi connectivity index (χ3v) is 8.92. The smallest absolute Gasteiger partial charge is 0.164 e. The summed E-state index contributed by atoms with van der Waals surface area (Å²) < 4.78 is 0. The van der Waals surface area contributed by atoms with Gasteiger partial charge in [0.1, 0.15) is 5.76 Å². The molecule has 0 saturated heterocycles. The molecule has 0 amide bonds. The normalized spacial score (nSPS) is 12.1. The fraction of sp³-hybridized carbons (Fsp3) is 0.405. The summed E-state index contributed by atoms with van der Waals surface area (Å²) in [5.74, 6) is 0.286. The van der Waals surface area contributed by atoms with Gasteiger partial charge in [0, 0.05) is 43.2 Å². The summed E-state index contributed by atoms with van der Waals surface area (Å²) in [6.07, 6.45) is 6.66. The van der Waals surface area contributed by atoms with Crippen molar-refractivity contribution in [1.82, 2.24) is 4.98 Å². The van der Waals surface area contributed by atoms with Gasteiger partial charge < -0.3 is 10.1 Å². The Labute approximate surface area is 260 Å². The van der Waals surface area contributed by atoms with Gasteiger partial charge in [-0.1, -0.05) is 91.3 Å². The maximum atomic E-state index is 12.2. The molecule has 0 atom stereocenters. The molecule has 0 unspecified atom stereocenters. The van der Waals surface area contributed by atoms with Crippen molar-refractivity contribution in [3.8, 4) is 11.3 Å². The first kappa shape index (κ1) is 34.4. The average molecular weight is 729 g/mol. The Balaban J connectivity index is 0.000000296. The van der Waals surface area contributed by atoms with Crippen LogP contribution in [0.3, 0.4) is 0 Å². The van der Waals surface area contributed by atoms with Gasteiger partial charge in [0.05, 0.1) is 0 Å². The van der Waals surface area contributed by atoms with E-state index < -0.39 is 0 Å². The number of ketones is 1. The summed E-state index contributed by atoms with van der Waals surface area (Å²) >= 11 is 0. The second-order valence-electron chi connectivity index (χ2n) is 11.7. The van der Waals surface area contributed by atoms with E-state index in [9.17, 15) is 9.90 Å². The van der Waals surface area contributed by atoms with Gasteiger partial charge in [-0.15, -0.1) is 34.9 Å². The van der Waals surface area contributed by atoms with Gasteiger partial charge in [-0.25, -0.2) is 0 Å². The summed E-state index contributed by atoms with van der Waals surface area (Å²) in [6.45, 7) is 18.4. The third-order valence-electron chi connectivity index (χ3n) is 8.92. The number of hydrogen-bond acceptors (Lipinski definition) is 3. The monoisotopic (exact) mass is 729 g/mol. The molecule has 0 aliphatic rings. The molecule has 0 saturated carbocycles. The number of carbonyl (C=O) groups is 1. The largest absolute Gasteiger partial charge is 0.512 e. The van der Waals surface area contributed by atoms with Crippen LogP contribution in [0.2, 0.25) is 0 Å². The molecule has 4 heteroatoms. The molecular formula is C37H46IrNO2-. The van der Waals surface area contributed by atoms with Crippen LogP contribution >= 0.6 is 0 Å². The van der Waals surface area contributed by atoms with E-state index in [2.05, 4.69) is 80.4 Å². The molecule has 0 aliphatic carbocycles. The minimum atomic E-state index is -0.337. The molecule has 0 spiro atoms. The number of carbonyl (C=O) groups excluding carboxylic acids is 1. The summed E-state index contributed by atoms with van der Waals surface area (Å²) in [6, 6.07) is 20.9. The van der Waals surface area contributed by atoms with Crippen molar-refractivity contribution < 1.29 is 30.0 Å². The Kier molecular flexibility index (Phi) is 12.1. The van der Waals surface area contributed by atoms with Crippen molar-refractivity contribution in [2.45, 2.75) is 88.0 Å². The fourth-order valence-corrected chi connectivity index (χ4v) is 5.04. The first-order chi connectivity index (χ1) is 18.9. The van der Waals surface area contributed by atoms with E-state index in [0.29, 0.717) is 0 Å². The first-order valence-electron chi connectivity index (χ1n) is 14.7. The molecular weight excluding hydrogens is 683 g/mol. The van der Waals surface area contributed by atoms with Gasteiger partial charge in [-0.05, 0) is 65.9 Å². The number of benzene rings is 3. The number of aromatic nitrogens is 1. The van der Waals surface area contributed by atoms with Gasteiger partial charge in [-0.2, -0.15) is 0 Å². The van der Waals surface area contributed by atoms with Crippen molar-refractivity contribution >= 4 is 27.3 Å². The summed E-state index contributed by atoms with van der Waals surface area (Å²) in [5, 5.41) is 15.1. The molecule has 0 aliphatic heterocycles. The fourth-order valence-electron chi connectivity index (χ4n) is 5.04. The van der Waals surface area contributed by atoms with E-state index >= 15 is 0 Å². The van der Waals surface area contributed by atoms with Crippen molar-refractivity contribution in [3.05, 3.63) is 89.3 Å². The van der Waals surface area contributed by atoms with Gasteiger partial charge in [0.15, 0.2) is 5.78 Å². The van der Waals surface area contributed by atoms with Crippen LogP contribution in [0.25, 0.3) is 32.8 Å². The van der Waals surface area contributed by atoms with Gasteiger partial charge in [0.2, 0.25) is 0 Å². The average Bonchev–Trinajstić information content (AvgIpc) is 2.95. The predicted molar refractivity (Wildman–Crippen MR) is 171 cm³/mol. The number of allylic oxidation sites excluding steroid dienone is 2. The second-order valence-corrected chi connectivity index (χ2v) is 11.7. The number of nitrogens with zero attached hydrogens (tertiary/aromatic N) is 1. The third kappa shape index (κ3) is 7.73. The zero-order valence-corrected chi connectivity index (χ0v) is 28.6. The van der Waals surface area contributed by atoms with E-state index in [1.54, 1.807) is 0 Å². The molecule has 3 nitrogen and oxygen atoms in total. The van der Waals surface area contributed by atoms with E-state index in [0.717, 1.165) is 42.5 Å². The van der Waals surface area contributed by atoms with Crippen LogP contribution in [-0.4, -0.2) is 15.9 Å². The number of pyridine rings is 1. The molecule has 0 bridgehead atoms. The van der Waals surface area contributed by atoms with Crippen molar-refractivity contribution in [2.24, 2.45) is 10.8 Å². The molecule has 3 aromatic carbocycles. The minimum Gasteiger partial charge on any atom is -0.512 e. The molecule has 4 rings (SSSR count). The Morgan fingerprint density at radius 2 is 1.41 bits per heavy atom. The van der Waals surface area contributed by atoms with E-state index in [1.807, 2.05) is 47.7 Å². The predicted octanol–water partition coefficient (Wildman–Crippen LogP) is 10.4. The molecule has 1 N–H and O–H groups in total.